The van der Waals surface area contributed by atoms with Gasteiger partial charge in [0.15, 0.2) is 0 Å². The summed E-state index contributed by atoms with van der Waals surface area (Å²) < 4.78 is 5.73. The van der Waals surface area contributed by atoms with Crippen LogP contribution in [0.2, 0.25) is 0 Å². The van der Waals surface area contributed by atoms with Crippen molar-refractivity contribution in [1.29, 1.82) is 0 Å². The average Bonchev–Trinajstić information content (AvgIpc) is 2.62. The van der Waals surface area contributed by atoms with Crippen molar-refractivity contribution in [2.24, 2.45) is 0 Å². The van der Waals surface area contributed by atoms with E-state index in [9.17, 15) is 9.90 Å². The predicted molar refractivity (Wildman–Crippen MR) is 89.1 cm³/mol. The molecule has 2 aromatic carbocycles. The highest BCUT2D eigenvalue weighted by Gasteiger charge is 2.36. The smallest absolute Gasteiger partial charge is 0.344 e. The minimum atomic E-state index is -1.40. The van der Waals surface area contributed by atoms with Crippen LogP contribution in [0.1, 0.15) is 17.0 Å². The van der Waals surface area contributed by atoms with Crippen molar-refractivity contribution in [1.82, 2.24) is 0 Å². The maximum atomic E-state index is 11.7. The van der Waals surface area contributed by atoms with E-state index in [1.807, 2.05) is 72.8 Å². The van der Waals surface area contributed by atoms with Gasteiger partial charge in [-0.25, -0.2) is 4.79 Å². The van der Waals surface area contributed by atoms with Crippen LogP contribution in [0.15, 0.2) is 85.0 Å². The number of carboxylic acid groups (broad SMARTS) is 1. The molecule has 116 valence electrons. The van der Waals surface area contributed by atoms with Crippen molar-refractivity contribution in [3.8, 4) is 0 Å². The van der Waals surface area contributed by atoms with Crippen LogP contribution >= 0.6 is 0 Å². The van der Waals surface area contributed by atoms with Gasteiger partial charge >= 0.3 is 5.97 Å². The van der Waals surface area contributed by atoms with Crippen molar-refractivity contribution < 1.29 is 14.6 Å². The fraction of sp³-hybridized carbons (Fsp3) is 0.150. The van der Waals surface area contributed by atoms with Gasteiger partial charge in [0.2, 0.25) is 5.60 Å². The fourth-order valence-corrected chi connectivity index (χ4v) is 2.59. The van der Waals surface area contributed by atoms with E-state index in [-0.39, 0.29) is 12.5 Å². The van der Waals surface area contributed by atoms with E-state index in [0.29, 0.717) is 0 Å². The van der Waals surface area contributed by atoms with Gasteiger partial charge in [-0.2, -0.15) is 0 Å². The molecule has 0 amide bonds. The molecule has 3 nitrogen and oxygen atoms in total. The standard InChI is InChI=1S/C20H18O3/c21-19(22)20(23-15-16-7-3-1-4-8-16)13-11-18(12-14-20)17-9-5-2-6-10-17/h1-14,18H,15H2,(H,21,22). The first-order valence-corrected chi connectivity index (χ1v) is 7.54. The lowest BCUT2D eigenvalue weighted by molar-refractivity contribution is -0.155. The van der Waals surface area contributed by atoms with E-state index in [0.717, 1.165) is 11.1 Å². The van der Waals surface area contributed by atoms with Crippen molar-refractivity contribution in [3.05, 3.63) is 96.1 Å². The Morgan fingerprint density at radius 1 is 0.957 bits per heavy atom. The Bertz CT molecular complexity index is 703. The number of aliphatic carboxylic acids is 1. The molecule has 0 saturated heterocycles. The molecular formula is C20H18O3. The molecular weight excluding hydrogens is 288 g/mol. The zero-order valence-corrected chi connectivity index (χ0v) is 12.6. The van der Waals surface area contributed by atoms with Gasteiger partial charge in [-0.05, 0) is 23.3 Å². The minimum Gasteiger partial charge on any atom is -0.479 e. The van der Waals surface area contributed by atoms with Crippen LogP contribution in [-0.2, 0) is 16.1 Å². The molecule has 1 aliphatic rings. The molecule has 0 fully saturated rings. The second kappa shape index (κ2) is 6.63. The van der Waals surface area contributed by atoms with Gasteiger partial charge < -0.3 is 9.84 Å². The maximum Gasteiger partial charge on any atom is 0.344 e. The lowest BCUT2D eigenvalue weighted by atomic mass is 9.88. The zero-order chi connectivity index (χ0) is 16.1. The molecule has 0 atom stereocenters. The van der Waals surface area contributed by atoms with Crippen LogP contribution in [0.3, 0.4) is 0 Å². The van der Waals surface area contributed by atoms with Crippen LogP contribution in [0.4, 0.5) is 0 Å². The lowest BCUT2D eigenvalue weighted by Crippen LogP contribution is -2.38. The van der Waals surface area contributed by atoms with Crippen LogP contribution in [-0.4, -0.2) is 16.7 Å². The van der Waals surface area contributed by atoms with Gasteiger partial charge in [-0.1, -0.05) is 72.8 Å². The Morgan fingerprint density at radius 3 is 2.09 bits per heavy atom. The Balaban J connectivity index is 1.76. The number of hydrogen-bond donors (Lipinski definition) is 1. The third-order valence-electron chi connectivity index (χ3n) is 3.94. The molecule has 0 saturated carbocycles. The number of ether oxygens (including phenoxy) is 1. The van der Waals surface area contributed by atoms with Crippen LogP contribution in [0.5, 0.6) is 0 Å². The van der Waals surface area contributed by atoms with Crippen LogP contribution in [0.25, 0.3) is 0 Å². The fourth-order valence-electron chi connectivity index (χ4n) is 2.59. The van der Waals surface area contributed by atoms with E-state index in [1.165, 1.54) is 0 Å². The Labute approximate surface area is 135 Å². The highest BCUT2D eigenvalue weighted by atomic mass is 16.5. The molecule has 3 heteroatoms. The van der Waals surface area contributed by atoms with E-state index >= 15 is 0 Å². The molecule has 0 aliphatic heterocycles. The zero-order valence-electron chi connectivity index (χ0n) is 12.6. The molecule has 1 aliphatic carbocycles. The first kappa shape index (κ1) is 15.3. The second-order valence-electron chi connectivity index (χ2n) is 5.53. The SMILES string of the molecule is O=C(O)C1(OCc2ccccc2)C=CC(c2ccccc2)C=C1. The minimum absolute atomic E-state index is 0.0731. The molecule has 0 heterocycles. The van der Waals surface area contributed by atoms with Crippen molar-refractivity contribution >= 4 is 5.97 Å². The largest absolute Gasteiger partial charge is 0.479 e. The Morgan fingerprint density at radius 2 is 1.52 bits per heavy atom. The Hall–Kier alpha value is -2.65. The highest BCUT2D eigenvalue weighted by Crippen LogP contribution is 2.29. The van der Waals surface area contributed by atoms with Gasteiger partial charge in [-0.3, -0.25) is 0 Å². The normalized spacial score (nSPS) is 22.9. The van der Waals surface area contributed by atoms with Gasteiger partial charge in [0.05, 0.1) is 6.61 Å². The summed E-state index contributed by atoms with van der Waals surface area (Å²) in [6.07, 6.45) is 7.04. The summed E-state index contributed by atoms with van der Waals surface area (Å²) in [4.78, 5) is 11.7. The van der Waals surface area contributed by atoms with Gasteiger partial charge in [0, 0.05) is 5.92 Å². The molecule has 0 unspecified atom stereocenters. The number of hydrogen-bond acceptors (Lipinski definition) is 2. The number of carboxylic acids is 1. The van der Waals surface area contributed by atoms with E-state index in [2.05, 4.69) is 0 Å². The van der Waals surface area contributed by atoms with Crippen LogP contribution in [0, 0.1) is 0 Å². The summed E-state index contributed by atoms with van der Waals surface area (Å²) in [5.74, 6) is -0.934. The van der Waals surface area contributed by atoms with E-state index < -0.39 is 11.6 Å². The van der Waals surface area contributed by atoms with Gasteiger partial charge in [0.25, 0.3) is 0 Å². The summed E-state index contributed by atoms with van der Waals surface area (Å²) >= 11 is 0. The summed E-state index contributed by atoms with van der Waals surface area (Å²) in [6, 6.07) is 19.5. The number of rotatable bonds is 5. The van der Waals surface area contributed by atoms with Crippen molar-refractivity contribution in [3.63, 3.8) is 0 Å². The molecule has 0 aromatic heterocycles. The first-order valence-electron chi connectivity index (χ1n) is 7.54. The van der Waals surface area contributed by atoms with E-state index in [4.69, 9.17) is 4.74 Å². The summed E-state index contributed by atoms with van der Waals surface area (Å²) in [5.41, 5.74) is 0.670. The topological polar surface area (TPSA) is 46.5 Å². The third-order valence-corrected chi connectivity index (χ3v) is 3.94. The Kier molecular flexibility index (Phi) is 4.40. The summed E-state index contributed by atoms with van der Waals surface area (Å²) in [5, 5.41) is 9.60. The lowest BCUT2D eigenvalue weighted by Gasteiger charge is -2.27. The van der Waals surface area contributed by atoms with Gasteiger partial charge in [-0.15, -0.1) is 0 Å². The molecule has 0 radical (unpaired) electrons. The first-order chi connectivity index (χ1) is 11.2. The number of benzene rings is 2. The number of carbonyl (C=O) groups is 1. The second-order valence-corrected chi connectivity index (χ2v) is 5.53. The molecule has 23 heavy (non-hydrogen) atoms. The molecule has 0 bridgehead atoms. The van der Waals surface area contributed by atoms with Crippen molar-refractivity contribution in [2.45, 2.75) is 18.1 Å². The van der Waals surface area contributed by atoms with Gasteiger partial charge in [0.1, 0.15) is 0 Å². The quantitative estimate of drug-likeness (QED) is 0.851. The van der Waals surface area contributed by atoms with Crippen LogP contribution < -0.4 is 0 Å². The number of allylic oxidation sites excluding steroid dienone is 2. The monoisotopic (exact) mass is 306 g/mol. The average molecular weight is 306 g/mol. The summed E-state index contributed by atoms with van der Waals surface area (Å²) in [6.45, 7) is 0.248. The molecule has 1 N–H and O–H groups in total. The predicted octanol–water partition coefficient (Wildman–Crippen LogP) is 3.94. The maximum absolute atomic E-state index is 11.7. The molecule has 2 aromatic rings. The van der Waals surface area contributed by atoms with E-state index in [1.54, 1.807) is 12.2 Å². The highest BCUT2D eigenvalue weighted by molar-refractivity contribution is 5.83. The van der Waals surface area contributed by atoms with Crippen molar-refractivity contribution in [2.75, 3.05) is 0 Å². The molecule has 0 spiro atoms. The third kappa shape index (κ3) is 3.41. The molecule has 3 rings (SSSR count). The summed E-state index contributed by atoms with van der Waals surface area (Å²) in [7, 11) is 0.